The lowest BCUT2D eigenvalue weighted by molar-refractivity contribution is 0.209. The first-order valence-electron chi connectivity index (χ1n) is 11.1. The molecule has 7 rings (SSSR count). The van der Waals surface area contributed by atoms with Crippen LogP contribution < -0.4 is 0 Å². The summed E-state index contributed by atoms with van der Waals surface area (Å²) in [4.78, 5) is 0.504. The highest BCUT2D eigenvalue weighted by Gasteiger charge is 2.91. The van der Waals surface area contributed by atoms with E-state index in [0.29, 0.717) is 11.8 Å². The second kappa shape index (κ2) is 5.52. The maximum absolute atomic E-state index is 14.0. The fraction of sp³-hybridized carbons (Fsp3) is 0.440. The minimum atomic E-state index is -3.78. The molecule has 0 amide bonds. The molecule has 4 saturated carbocycles. The highest BCUT2D eigenvalue weighted by Crippen LogP contribution is 2.93. The summed E-state index contributed by atoms with van der Waals surface area (Å²) in [7, 11) is -7.57. The first kappa shape index (κ1) is 18.6. The van der Waals surface area contributed by atoms with Crippen molar-refractivity contribution in [1.29, 1.82) is 0 Å². The van der Waals surface area contributed by atoms with Crippen molar-refractivity contribution in [2.24, 2.45) is 34.5 Å². The van der Waals surface area contributed by atoms with Gasteiger partial charge in [-0.1, -0.05) is 48.6 Å². The first-order valence-corrected chi connectivity index (χ1v) is 14.2. The number of sulfone groups is 2. The number of allylic oxidation sites excluding steroid dienone is 2. The molecule has 160 valence electrons. The zero-order valence-electron chi connectivity index (χ0n) is 17.0. The minimum Gasteiger partial charge on any atom is -0.223 e. The monoisotopic (exact) mass is 452 g/mol. The van der Waals surface area contributed by atoms with Gasteiger partial charge < -0.3 is 0 Å². The van der Waals surface area contributed by atoms with Gasteiger partial charge in [0.15, 0.2) is 19.7 Å². The van der Waals surface area contributed by atoms with Crippen LogP contribution in [0, 0.1) is 34.5 Å². The summed E-state index contributed by atoms with van der Waals surface area (Å²) in [5, 5.41) is -1.73. The normalized spacial score (nSPS) is 43.7. The van der Waals surface area contributed by atoms with Crippen molar-refractivity contribution < 1.29 is 16.8 Å². The lowest BCUT2D eigenvalue weighted by Gasteiger charge is -2.40. The third-order valence-electron chi connectivity index (χ3n) is 9.54. The zero-order valence-corrected chi connectivity index (χ0v) is 18.6. The second-order valence-corrected chi connectivity index (χ2v) is 14.4. The van der Waals surface area contributed by atoms with Gasteiger partial charge in [0.2, 0.25) is 0 Å². The third-order valence-corrected chi connectivity index (χ3v) is 14.2. The van der Waals surface area contributed by atoms with Crippen molar-refractivity contribution in [2.75, 3.05) is 0 Å². The van der Waals surface area contributed by atoms with E-state index in [9.17, 15) is 16.8 Å². The van der Waals surface area contributed by atoms with E-state index in [1.807, 2.05) is 0 Å². The number of fused-ring (bicyclic) bond motifs is 4. The van der Waals surface area contributed by atoms with Crippen molar-refractivity contribution in [1.82, 2.24) is 0 Å². The highest BCUT2D eigenvalue weighted by molar-refractivity contribution is 7.96. The molecule has 0 saturated heterocycles. The number of hydrogen-bond acceptors (Lipinski definition) is 4. The SMILES string of the molecule is O=S(=O)(c1ccccc1)[C@@H]1[C@H](S(=O)(=O)c2ccccc2)[C@H]2C[C@@H]1[C@@]13C[C@]21[C@H]1C=C[C@H]3C1. The van der Waals surface area contributed by atoms with Crippen LogP contribution in [0.1, 0.15) is 19.3 Å². The van der Waals surface area contributed by atoms with E-state index in [0.717, 1.165) is 19.3 Å². The first-order chi connectivity index (χ1) is 14.8. The van der Waals surface area contributed by atoms with Crippen LogP contribution >= 0.6 is 0 Å². The van der Waals surface area contributed by atoms with Crippen molar-refractivity contribution in [2.45, 2.75) is 39.6 Å². The topological polar surface area (TPSA) is 68.3 Å². The average molecular weight is 453 g/mol. The van der Waals surface area contributed by atoms with Crippen molar-refractivity contribution in [3.8, 4) is 0 Å². The highest BCUT2D eigenvalue weighted by atomic mass is 32.2. The molecule has 4 fully saturated rings. The van der Waals surface area contributed by atoms with Crippen molar-refractivity contribution in [3.63, 3.8) is 0 Å². The van der Waals surface area contributed by atoms with Crippen LogP contribution in [0.2, 0.25) is 0 Å². The van der Waals surface area contributed by atoms with Crippen LogP contribution in [0.15, 0.2) is 82.6 Å². The zero-order chi connectivity index (χ0) is 21.2. The Morgan fingerprint density at radius 3 is 1.45 bits per heavy atom. The molecule has 4 bridgehead atoms. The molecule has 0 N–H and O–H groups in total. The van der Waals surface area contributed by atoms with Gasteiger partial charge in [0.1, 0.15) is 0 Å². The van der Waals surface area contributed by atoms with Gasteiger partial charge in [-0.05, 0) is 78.0 Å². The summed E-state index contributed by atoms with van der Waals surface area (Å²) in [6.45, 7) is 0. The van der Waals surface area contributed by atoms with Crippen molar-refractivity contribution in [3.05, 3.63) is 72.8 Å². The average Bonchev–Trinajstić information content (AvgIpc) is 3.16. The standard InChI is InChI=1S/C25H24O4S2/c26-30(27,18-7-3-1-4-8-18)22-20-14-21(23(22)31(28,29)19-9-5-2-6-10-19)25-15-24(20,25)16-11-12-17(25)13-16/h1-12,16-17,20-23H,13-15H2/t16-,17-,20-,21+,22-,23+,24-,25-/m0/s1. The van der Waals surface area contributed by atoms with Crippen LogP contribution in [-0.4, -0.2) is 27.3 Å². The maximum Gasteiger partial charge on any atom is 0.182 e. The fourth-order valence-corrected chi connectivity index (χ4v) is 13.9. The summed E-state index contributed by atoms with van der Waals surface area (Å²) in [5.74, 6) is 0.681. The fourth-order valence-electron chi connectivity index (χ4n) is 8.68. The number of hydrogen-bond donors (Lipinski definition) is 0. The molecule has 31 heavy (non-hydrogen) atoms. The van der Waals surface area contributed by atoms with Gasteiger partial charge in [0.25, 0.3) is 0 Å². The second-order valence-electron chi connectivity index (χ2n) is 10.2. The molecule has 0 aliphatic heterocycles. The summed E-state index contributed by atoms with van der Waals surface area (Å²) in [6.07, 6.45) is 7.39. The number of rotatable bonds is 4. The van der Waals surface area contributed by atoms with E-state index in [1.54, 1.807) is 60.7 Å². The van der Waals surface area contributed by atoms with Crippen LogP contribution in [0.25, 0.3) is 0 Å². The molecule has 0 spiro atoms. The Bertz CT molecular complexity index is 1230. The van der Waals surface area contributed by atoms with E-state index >= 15 is 0 Å². The van der Waals surface area contributed by atoms with E-state index in [4.69, 9.17) is 0 Å². The molecule has 5 aliphatic carbocycles. The van der Waals surface area contributed by atoms with Gasteiger partial charge in [0.05, 0.1) is 20.3 Å². The molecule has 0 unspecified atom stereocenters. The van der Waals surface area contributed by atoms with Crippen LogP contribution in [0.5, 0.6) is 0 Å². The van der Waals surface area contributed by atoms with E-state index < -0.39 is 30.2 Å². The van der Waals surface area contributed by atoms with Gasteiger partial charge in [-0.2, -0.15) is 0 Å². The Labute approximate surface area is 183 Å². The van der Waals surface area contributed by atoms with Crippen LogP contribution in [0.4, 0.5) is 0 Å². The molecule has 2 aromatic carbocycles. The third kappa shape index (κ3) is 1.91. The summed E-state index contributed by atoms with van der Waals surface area (Å²) in [6, 6.07) is 17.0. The Kier molecular flexibility index (Phi) is 3.32. The molecule has 2 aromatic rings. The largest absolute Gasteiger partial charge is 0.223 e. The molecule has 6 heteroatoms. The molecule has 4 nitrogen and oxygen atoms in total. The predicted octanol–water partition coefficient (Wildman–Crippen LogP) is 3.90. The van der Waals surface area contributed by atoms with Gasteiger partial charge in [-0.25, -0.2) is 16.8 Å². The minimum absolute atomic E-state index is 0.00626. The lowest BCUT2D eigenvalue weighted by Crippen LogP contribution is -2.50. The number of benzene rings is 2. The van der Waals surface area contributed by atoms with Crippen molar-refractivity contribution >= 4 is 19.7 Å². The lowest BCUT2D eigenvalue weighted by atomic mass is 9.73. The van der Waals surface area contributed by atoms with Gasteiger partial charge in [-0.3, -0.25) is 0 Å². The Balaban J connectivity index is 1.44. The van der Waals surface area contributed by atoms with Gasteiger partial charge in [0, 0.05) is 0 Å². The summed E-state index contributed by atoms with van der Waals surface area (Å²) >= 11 is 0. The molecule has 8 atom stereocenters. The Morgan fingerprint density at radius 1 is 0.613 bits per heavy atom. The van der Waals surface area contributed by atoms with E-state index in [1.165, 1.54) is 0 Å². The van der Waals surface area contributed by atoms with Gasteiger partial charge in [-0.15, -0.1) is 0 Å². The molecular formula is C25H24O4S2. The smallest absolute Gasteiger partial charge is 0.182 e. The van der Waals surface area contributed by atoms with Crippen LogP contribution in [-0.2, 0) is 19.7 Å². The predicted molar refractivity (Wildman–Crippen MR) is 117 cm³/mol. The summed E-state index contributed by atoms with van der Waals surface area (Å²) in [5.41, 5.74) is 0.0125. The van der Waals surface area contributed by atoms with E-state index in [-0.39, 0.29) is 32.5 Å². The Hall–Kier alpha value is -1.92. The molecule has 0 aromatic heterocycles. The van der Waals surface area contributed by atoms with E-state index in [2.05, 4.69) is 12.2 Å². The molecule has 5 aliphatic rings. The van der Waals surface area contributed by atoms with Gasteiger partial charge >= 0.3 is 0 Å². The van der Waals surface area contributed by atoms with Crippen LogP contribution in [0.3, 0.4) is 0 Å². The quantitative estimate of drug-likeness (QED) is 0.660. The Morgan fingerprint density at radius 2 is 1.03 bits per heavy atom. The molecule has 0 heterocycles. The molecular weight excluding hydrogens is 428 g/mol. The molecule has 0 radical (unpaired) electrons. The maximum atomic E-state index is 14.0. The summed E-state index contributed by atoms with van der Waals surface area (Å²) < 4.78 is 55.9.